The van der Waals surface area contributed by atoms with Crippen molar-refractivity contribution in [3.63, 3.8) is 0 Å². The fourth-order valence-corrected chi connectivity index (χ4v) is 4.69. The van der Waals surface area contributed by atoms with E-state index in [0.717, 1.165) is 12.8 Å². The molecule has 8 heteroatoms. The van der Waals surface area contributed by atoms with Crippen LogP contribution in [0, 0.1) is 13.8 Å². The summed E-state index contributed by atoms with van der Waals surface area (Å²) in [5, 5.41) is 0.335. The van der Waals surface area contributed by atoms with E-state index in [1.54, 1.807) is 42.7 Å². The number of amides is 1. The lowest BCUT2D eigenvalue weighted by molar-refractivity contribution is 0.0505. The standard InChI is InChI=1S/C25H31ClN2O5/c1-5-28-17(4)22(16(3)23(28)25(31)32-6-2)21(29)15-27(14-18-10-9-13-33-18)24(30)19-11-7-8-12-20(19)26/h7-8,11-12,18H,5-6,9-10,13-15H2,1-4H3. The zero-order chi connectivity index (χ0) is 24.1. The first-order valence-corrected chi connectivity index (χ1v) is 11.7. The first-order chi connectivity index (χ1) is 15.8. The average molecular weight is 475 g/mol. The van der Waals surface area contributed by atoms with Crippen LogP contribution in [0.15, 0.2) is 24.3 Å². The van der Waals surface area contributed by atoms with E-state index in [0.29, 0.717) is 52.8 Å². The van der Waals surface area contributed by atoms with Crippen LogP contribution >= 0.6 is 11.6 Å². The number of nitrogens with zero attached hydrogens (tertiary/aromatic N) is 2. The molecule has 7 nitrogen and oxygen atoms in total. The van der Waals surface area contributed by atoms with Gasteiger partial charge in [-0.1, -0.05) is 23.7 Å². The molecule has 1 atom stereocenters. The molecule has 0 saturated carbocycles. The molecule has 3 rings (SSSR count). The van der Waals surface area contributed by atoms with Crippen molar-refractivity contribution in [1.82, 2.24) is 9.47 Å². The lowest BCUT2D eigenvalue weighted by Gasteiger charge is -2.25. The highest BCUT2D eigenvalue weighted by atomic mass is 35.5. The van der Waals surface area contributed by atoms with Crippen molar-refractivity contribution in [3.8, 4) is 0 Å². The largest absolute Gasteiger partial charge is 0.461 e. The van der Waals surface area contributed by atoms with E-state index in [1.165, 1.54) is 4.90 Å². The molecule has 0 N–H and O–H groups in total. The number of hydrogen-bond acceptors (Lipinski definition) is 5. The highest BCUT2D eigenvalue weighted by molar-refractivity contribution is 6.33. The van der Waals surface area contributed by atoms with Gasteiger partial charge in [0.15, 0.2) is 5.78 Å². The summed E-state index contributed by atoms with van der Waals surface area (Å²) in [5.41, 5.74) is 2.43. The highest BCUT2D eigenvalue weighted by Crippen LogP contribution is 2.25. The van der Waals surface area contributed by atoms with E-state index >= 15 is 0 Å². The Morgan fingerprint density at radius 2 is 1.94 bits per heavy atom. The lowest BCUT2D eigenvalue weighted by Crippen LogP contribution is -2.41. The SMILES string of the molecule is CCOC(=O)c1c(C)c(C(=O)CN(CC2CCCO2)C(=O)c2ccccc2Cl)c(C)n1CC. The third-order valence-electron chi connectivity index (χ3n) is 6.00. The van der Waals surface area contributed by atoms with E-state index < -0.39 is 5.97 Å². The number of ether oxygens (including phenoxy) is 2. The molecule has 0 bridgehead atoms. The van der Waals surface area contributed by atoms with Gasteiger partial charge in [0.05, 0.1) is 29.8 Å². The summed E-state index contributed by atoms with van der Waals surface area (Å²) >= 11 is 6.27. The zero-order valence-electron chi connectivity index (χ0n) is 19.7. The van der Waals surface area contributed by atoms with Crippen LogP contribution in [0.4, 0.5) is 0 Å². The van der Waals surface area contributed by atoms with Crippen LogP contribution in [0.2, 0.25) is 5.02 Å². The topological polar surface area (TPSA) is 77.8 Å². The van der Waals surface area contributed by atoms with Crippen molar-refractivity contribution in [1.29, 1.82) is 0 Å². The highest BCUT2D eigenvalue weighted by Gasteiger charge is 2.30. The zero-order valence-corrected chi connectivity index (χ0v) is 20.4. The summed E-state index contributed by atoms with van der Waals surface area (Å²) < 4.78 is 12.7. The minimum absolute atomic E-state index is 0.123. The van der Waals surface area contributed by atoms with Crippen LogP contribution in [0.3, 0.4) is 0 Å². The Balaban J connectivity index is 1.94. The van der Waals surface area contributed by atoms with Gasteiger partial charge in [0.25, 0.3) is 5.91 Å². The van der Waals surface area contributed by atoms with Gasteiger partial charge in [-0.25, -0.2) is 4.79 Å². The molecule has 1 aliphatic heterocycles. The maximum atomic E-state index is 13.5. The smallest absolute Gasteiger partial charge is 0.355 e. The monoisotopic (exact) mass is 474 g/mol. The van der Waals surface area contributed by atoms with Gasteiger partial charge in [-0.15, -0.1) is 0 Å². The summed E-state index contributed by atoms with van der Waals surface area (Å²) in [6.07, 6.45) is 1.63. The predicted octanol–water partition coefficient (Wildman–Crippen LogP) is 4.46. The van der Waals surface area contributed by atoms with Crippen molar-refractivity contribution < 1.29 is 23.9 Å². The van der Waals surface area contributed by atoms with Crippen LogP contribution in [-0.2, 0) is 16.0 Å². The molecule has 0 aliphatic carbocycles. The van der Waals surface area contributed by atoms with Crippen LogP contribution in [0.5, 0.6) is 0 Å². The summed E-state index contributed by atoms with van der Waals surface area (Å²) in [6, 6.07) is 6.81. The molecule has 1 aliphatic rings. The van der Waals surface area contributed by atoms with Crippen LogP contribution in [0.25, 0.3) is 0 Å². The van der Waals surface area contributed by atoms with Gasteiger partial charge in [0, 0.05) is 31.0 Å². The maximum Gasteiger partial charge on any atom is 0.355 e. The Kier molecular flexibility index (Phi) is 8.32. The van der Waals surface area contributed by atoms with Gasteiger partial charge < -0.3 is 18.9 Å². The molecule has 1 amide bonds. The second-order valence-electron chi connectivity index (χ2n) is 8.12. The Labute approximate surface area is 199 Å². The fraction of sp³-hybridized carbons (Fsp3) is 0.480. The minimum Gasteiger partial charge on any atom is -0.461 e. The molecule has 1 aromatic carbocycles. The normalized spacial score (nSPS) is 15.5. The molecule has 1 aromatic heterocycles. The molecular formula is C25H31ClN2O5. The third-order valence-corrected chi connectivity index (χ3v) is 6.33. The Hall–Kier alpha value is -2.64. The Morgan fingerprint density at radius 1 is 1.21 bits per heavy atom. The number of carbonyl (C=O) groups is 3. The summed E-state index contributed by atoms with van der Waals surface area (Å²) in [4.78, 5) is 41.0. The van der Waals surface area contributed by atoms with E-state index in [9.17, 15) is 14.4 Å². The molecule has 1 saturated heterocycles. The number of halogens is 1. The molecule has 33 heavy (non-hydrogen) atoms. The van der Waals surface area contributed by atoms with Gasteiger partial charge in [-0.2, -0.15) is 0 Å². The Morgan fingerprint density at radius 3 is 2.55 bits per heavy atom. The number of carbonyl (C=O) groups excluding carboxylic acids is 3. The number of ketones is 1. The lowest BCUT2D eigenvalue weighted by atomic mass is 10.0. The number of aromatic nitrogens is 1. The van der Waals surface area contributed by atoms with Crippen LogP contribution < -0.4 is 0 Å². The summed E-state index contributed by atoms with van der Waals surface area (Å²) in [6.45, 7) is 8.79. The van der Waals surface area contributed by atoms with E-state index in [1.807, 2.05) is 13.8 Å². The second-order valence-corrected chi connectivity index (χ2v) is 8.53. The predicted molar refractivity (Wildman–Crippen MR) is 126 cm³/mol. The number of rotatable bonds is 9. The third kappa shape index (κ3) is 5.31. The van der Waals surface area contributed by atoms with Crippen molar-refractivity contribution in [3.05, 3.63) is 57.4 Å². The number of benzene rings is 1. The first kappa shape index (κ1) is 25.0. The van der Waals surface area contributed by atoms with Gasteiger partial charge in [-0.3, -0.25) is 9.59 Å². The molecule has 2 aromatic rings. The van der Waals surface area contributed by atoms with Crippen molar-refractivity contribution >= 4 is 29.3 Å². The molecule has 0 radical (unpaired) electrons. The average Bonchev–Trinajstić information content (AvgIpc) is 3.38. The number of hydrogen-bond donors (Lipinski definition) is 0. The summed E-state index contributed by atoms with van der Waals surface area (Å²) in [5.74, 6) is -1.01. The van der Waals surface area contributed by atoms with Crippen LogP contribution in [0.1, 0.15) is 69.2 Å². The maximum absolute atomic E-state index is 13.5. The van der Waals surface area contributed by atoms with Gasteiger partial charge in [-0.05, 0) is 58.2 Å². The number of Topliss-reactive ketones (excluding diaryl/α,β-unsaturated/α-hetero) is 1. The molecule has 1 unspecified atom stereocenters. The van der Waals surface area contributed by atoms with Crippen molar-refractivity contribution in [2.24, 2.45) is 0 Å². The van der Waals surface area contributed by atoms with Crippen molar-refractivity contribution in [2.75, 3.05) is 26.3 Å². The molecule has 2 heterocycles. The van der Waals surface area contributed by atoms with E-state index in [4.69, 9.17) is 21.1 Å². The molecule has 178 valence electrons. The van der Waals surface area contributed by atoms with Gasteiger partial charge >= 0.3 is 5.97 Å². The Bertz CT molecular complexity index is 1040. The fourth-order valence-electron chi connectivity index (χ4n) is 4.47. The second kappa shape index (κ2) is 11.0. The van der Waals surface area contributed by atoms with Crippen LogP contribution in [-0.4, -0.2) is 59.5 Å². The molecular weight excluding hydrogens is 444 g/mol. The van der Waals surface area contributed by atoms with E-state index in [2.05, 4.69) is 0 Å². The quantitative estimate of drug-likeness (QED) is 0.396. The summed E-state index contributed by atoms with van der Waals surface area (Å²) in [7, 11) is 0. The van der Waals surface area contributed by atoms with Gasteiger partial charge in [0.2, 0.25) is 0 Å². The first-order valence-electron chi connectivity index (χ1n) is 11.3. The molecule has 0 spiro atoms. The number of esters is 1. The van der Waals surface area contributed by atoms with Gasteiger partial charge in [0.1, 0.15) is 5.69 Å². The minimum atomic E-state index is -0.456. The van der Waals surface area contributed by atoms with Crippen molar-refractivity contribution in [2.45, 2.75) is 53.2 Å². The molecule has 1 fully saturated rings. The van der Waals surface area contributed by atoms with E-state index in [-0.39, 0.29) is 30.9 Å².